The second-order valence-electron chi connectivity index (χ2n) is 5.39. The molecule has 1 N–H and O–H groups in total. The lowest BCUT2D eigenvalue weighted by Crippen LogP contribution is -2.27. The van der Waals surface area contributed by atoms with Crippen LogP contribution < -0.4 is 4.72 Å². The zero-order valence-corrected chi connectivity index (χ0v) is 13.9. The number of hydrogen-bond acceptors (Lipinski definition) is 2. The van der Waals surface area contributed by atoms with Crippen LogP contribution in [0.2, 0.25) is 5.02 Å². The van der Waals surface area contributed by atoms with E-state index in [0.29, 0.717) is 12.5 Å². The van der Waals surface area contributed by atoms with E-state index in [0.717, 1.165) is 43.4 Å². The number of alkyl halides is 3. The van der Waals surface area contributed by atoms with Crippen LogP contribution >= 0.6 is 11.6 Å². The molecule has 0 amide bonds. The molecule has 0 atom stereocenters. The zero-order chi connectivity index (χ0) is 17.1. The maximum absolute atomic E-state index is 13.0. The number of halogens is 4. The van der Waals surface area contributed by atoms with Gasteiger partial charge in [0.15, 0.2) is 0 Å². The summed E-state index contributed by atoms with van der Waals surface area (Å²) in [6.07, 6.45) is 1.85. The first-order valence-corrected chi connectivity index (χ1v) is 9.10. The van der Waals surface area contributed by atoms with Gasteiger partial charge in [0.1, 0.15) is 0 Å². The second-order valence-corrected chi connectivity index (χ2v) is 7.57. The van der Waals surface area contributed by atoms with Gasteiger partial charge < -0.3 is 0 Å². The maximum atomic E-state index is 13.0. The third-order valence-corrected chi connectivity index (χ3v) is 5.41. The maximum Gasteiger partial charge on any atom is 0.417 e. The van der Waals surface area contributed by atoms with Crippen LogP contribution in [0, 0.1) is 0 Å². The van der Waals surface area contributed by atoms with Crippen molar-refractivity contribution in [2.24, 2.45) is 0 Å². The number of rotatable bonds is 5. The molecule has 0 aromatic heterocycles. The molecule has 23 heavy (non-hydrogen) atoms. The van der Waals surface area contributed by atoms with Gasteiger partial charge in [-0.1, -0.05) is 23.3 Å². The molecule has 0 bridgehead atoms. The summed E-state index contributed by atoms with van der Waals surface area (Å²) in [6.45, 7) is 0.0775. The van der Waals surface area contributed by atoms with E-state index in [9.17, 15) is 21.6 Å². The first-order chi connectivity index (χ1) is 10.7. The number of sulfonamides is 1. The van der Waals surface area contributed by atoms with Crippen LogP contribution in [-0.2, 0) is 16.2 Å². The normalized spacial score (nSPS) is 16.3. The van der Waals surface area contributed by atoms with Gasteiger partial charge in [0.05, 0.1) is 10.5 Å². The standard InChI is InChI=1S/C15H17ClF3NO2S/c16-12-6-7-14(13(10-12)15(17,18)19)23(21,22)20-9-8-11-4-2-1-3-5-11/h4,6-7,10,20H,1-3,5,8-9H2. The predicted octanol–water partition coefficient (Wildman–Crippen LogP) is 4.53. The van der Waals surface area contributed by atoms with Crippen LogP contribution in [0.1, 0.15) is 37.7 Å². The van der Waals surface area contributed by atoms with Crippen molar-refractivity contribution in [1.29, 1.82) is 0 Å². The van der Waals surface area contributed by atoms with E-state index < -0.39 is 26.7 Å². The summed E-state index contributed by atoms with van der Waals surface area (Å²) >= 11 is 5.56. The molecule has 0 aliphatic heterocycles. The summed E-state index contributed by atoms with van der Waals surface area (Å²) < 4.78 is 65.6. The third-order valence-electron chi connectivity index (χ3n) is 3.66. The van der Waals surface area contributed by atoms with E-state index in [1.807, 2.05) is 0 Å². The molecule has 2 rings (SSSR count). The average molecular weight is 368 g/mol. The first kappa shape index (κ1) is 18.3. The van der Waals surface area contributed by atoms with Crippen LogP contribution in [0.5, 0.6) is 0 Å². The van der Waals surface area contributed by atoms with Gasteiger partial charge in [-0.2, -0.15) is 13.2 Å². The highest BCUT2D eigenvalue weighted by molar-refractivity contribution is 7.89. The van der Waals surface area contributed by atoms with E-state index in [-0.39, 0.29) is 11.6 Å². The third kappa shape index (κ3) is 4.96. The van der Waals surface area contributed by atoms with Gasteiger partial charge in [0.2, 0.25) is 10.0 Å². The fraction of sp³-hybridized carbons (Fsp3) is 0.467. The first-order valence-electron chi connectivity index (χ1n) is 7.24. The lowest BCUT2D eigenvalue weighted by molar-refractivity contribution is -0.139. The predicted molar refractivity (Wildman–Crippen MR) is 82.8 cm³/mol. The van der Waals surface area contributed by atoms with E-state index in [1.54, 1.807) is 0 Å². The van der Waals surface area contributed by atoms with Crippen LogP contribution in [-0.4, -0.2) is 15.0 Å². The Morgan fingerprint density at radius 3 is 2.57 bits per heavy atom. The summed E-state index contributed by atoms with van der Waals surface area (Å²) in [5.74, 6) is 0. The van der Waals surface area contributed by atoms with Crippen molar-refractivity contribution >= 4 is 21.6 Å². The summed E-state index contributed by atoms with van der Waals surface area (Å²) in [4.78, 5) is -0.799. The molecule has 0 radical (unpaired) electrons. The highest BCUT2D eigenvalue weighted by Crippen LogP contribution is 2.35. The molecule has 128 valence electrons. The Morgan fingerprint density at radius 2 is 1.96 bits per heavy atom. The van der Waals surface area contributed by atoms with E-state index in [1.165, 1.54) is 0 Å². The highest BCUT2D eigenvalue weighted by Gasteiger charge is 2.37. The number of benzene rings is 1. The fourth-order valence-corrected chi connectivity index (χ4v) is 3.92. The van der Waals surface area contributed by atoms with Crippen LogP contribution in [0.15, 0.2) is 34.7 Å². The van der Waals surface area contributed by atoms with Crippen molar-refractivity contribution in [1.82, 2.24) is 4.72 Å². The Labute approximate surface area is 138 Å². The largest absolute Gasteiger partial charge is 0.417 e. The van der Waals surface area contributed by atoms with E-state index in [2.05, 4.69) is 10.8 Å². The Kier molecular flexibility index (Phi) is 5.75. The quantitative estimate of drug-likeness (QED) is 0.777. The van der Waals surface area contributed by atoms with Gasteiger partial charge in [0, 0.05) is 11.6 Å². The molecule has 1 aliphatic rings. The smallest absolute Gasteiger partial charge is 0.211 e. The molecule has 1 aromatic rings. The molecule has 0 fully saturated rings. The van der Waals surface area contributed by atoms with Gasteiger partial charge >= 0.3 is 6.18 Å². The number of hydrogen-bond donors (Lipinski definition) is 1. The summed E-state index contributed by atoms with van der Waals surface area (Å²) in [5.41, 5.74) is -0.111. The lowest BCUT2D eigenvalue weighted by Gasteiger charge is -2.16. The molecular formula is C15H17ClF3NO2S. The minimum Gasteiger partial charge on any atom is -0.211 e. The van der Waals surface area contributed by atoms with Crippen molar-refractivity contribution in [2.45, 2.75) is 43.2 Å². The minimum absolute atomic E-state index is 0.0775. The van der Waals surface area contributed by atoms with Gasteiger partial charge in [0.25, 0.3) is 0 Å². The molecule has 0 unspecified atom stereocenters. The molecule has 8 heteroatoms. The lowest BCUT2D eigenvalue weighted by atomic mass is 9.97. The van der Waals surface area contributed by atoms with Gasteiger partial charge in [-0.15, -0.1) is 0 Å². The molecule has 1 aliphatic carbocycles. The molecule has 1 aromatic carbocycles. The number of allylic oxidation sites excluding steroid dienone is 1. The minimum atomic E-state index is -4.79. The van der Waals surface area contributed by atoms with Crippen molar-refractivity contribution in [2.75, 3.05) is 6.54 Å². The SMILES string of the molecule is O=S(=O)(NCCC1=CCCCC1)c1ccc(Cl)cc1C(F)(F)F. The van der Waals surface area contributed by atoms with Crippen LogP contribution in [0.3, 0.4) is 0 Å². The monoisotopic (exact) mass is 367 g/mol. The van der Waals surface area contributed by atoms with E-state index >= 15 is 0 Å². The Balaban J connectivity index is 2.14. The molecule has 0 saturated carbocycles. The average Bonchev–Trinajstić information content (AvgIpc) is 2.47. The highest BCUT2D eigenvalue weighted by atomic mass is 35.5. The fourth-order valence-electron chi connectivity index (χ4n) is 2.51. The second kappa shape index (κ2) is 7.23. The Bertz CT molecular complexity index is 699. The van der Waals surface area contributed by atoms with E-state index in [4.69, 9.17) is 11.6 Å². The topological polar surface area (TPSA) is 46.2 Å². The zero-order valence-electron chi connectivity index (χ0n) is 12.3. The Morgan fingerprint density at radius 1 is 1.22 bits per heavy atom. The van der Waals surface area contributed by atoms with Crippen molar-refractivity contribution in [3.63, 3.8) is 0 Å². The molecule has 0 spiro atoms. The molecule has 0 saturated heterocycles. The van der Waals surface area contributed by atoms with Gasteiger partial charge in [-0.25, -0.2) is 13.1 Å². The molecular weight excluding hydrogens is 351 g/mol. The van der Waals surface area contributed by atoms with Gasteiger partial charge in [-0.3, -0.25) is 0 Å². The summed E-state index contributed by atoms with van der Waals surface area (Å²) in [5, 5.41) is -0.163. The van der Waals surface area contributed by atoms with Crippen LogP contribution in [0.4, 0.5) is 13.2 Å². The summed E-state index contributed by atoms with van der Waals surface area (Å²) in [6, 6.07) is 2.64. The van der Waals surface area contributed by atoms with Gasteiger partial charge in [-0.05, 0) is 50.3 Å². The van der Waals surface area contributed by atoms with Crippen LogP contribution in [0.25, 0.3) is 0 Å². The van der Waals surface area contributed by atoms with Crippen molar-refractivity contribution < 1.29 is 21.6 Å². The molecule has 3 nitrogen and oxygen atoms in total. The Hall–Kier alpha value is -1.05. The summed E-state index contributed by atoms with van der Waals surface area (Å²) in [7, 11) is -4.25. The van der Waals surface area contributed by atoms with Crippen molar-refractivity contribution in [3.05, 3.63) is 40.4 Å². The number of nitrogens with one attached hydrogen (secondary N) is 1. The molecule has 0 heterocycles. The van der Waals surface area contributed by atoms with Crippen molar-refractivity contribution in [3.8, 4) is 0 Å².